The summed E-state index contributed by atoms with van der Waals surface area (Å²) in [6.45, 7) is 2.02. The quantitative estimate of drug-likeness (QED) is 0.272. The average molecular weight is 275 g/mol. The van der Waals surface area contributed by atoms with E-state index in [1.54, 1.807) is 6.20 Å². The molecule has 0 bridgehead atoms. The van der Waals surface area contributed by atoms with Gasteiger partial charge in [0, 0.05) is 0 Å². The molecule has 1 amide bonds. The van der Waals surface area contributed by atoms with E-state index in [9.17, 15) is 4.79 Å². The summed E-state index contributed by atoms with van der Waals surface area (Å²) in [5.74, 6) is 0.761. The van der Waals surface area contributed by atoms with E-state index in [-0.39, 0.29) is 25.1 Å². The van der Waals surface area contributed by atoms with Crippen molar-refractivity contribution in [2.24, 2.45) is 0 Å². The molecule has 0 atom stereocenters. The van der Waals surface area contributed by atoms with Gasteiger partial charge in [-0.3, -0.25) is 0 Å². The zero-order valence-electron chi connectivity index (χ0n) is 6.60. The number of carbonyl (C=O) groups is 1. The maximum absolute atomic E-state index is 11.0. The summed E-state index contributed by atoms with van der Waals surface area (Å²) in [6.07, 6.45) is 1.78. The van der Waals surface area contributed by atoms with Crippen molar-refractivity contribution >= 4 is 9.73 Å². The molecule has 4 heteroatoms. The van der Waals surface area contributed by atoms with E-state index < -0.39 is 0 Å². The molecule has 1 aliphatic rings. The van der Waals surface area contributed by atoms with E-state index in [4.69, 9.17) is 0 Å². The molecule has 2 rings (SSSR count). The Labute approximate surface area is 80.8 Å². The van der Waals surface area contributed by atoms with Gasteiger partial charge in [-0.1, -0.05) is 0 Å². The minimum atomic E-state index is -0.340. The number of halogens is 1. The molecule has 0 saturated heterocycles. The number of hydrogen-bond donors (Lipinski definition) is 1. The molecule has 1 aromatic rings. The van der Waals surface area contributed by atoms with Gasteiger partial charge < -0.3 is 0 Å². The summed E-state index contributed by atoms with van der Waals surface area (Å²) in [6, 6.07) is 2.10. The standard InChI is InChI=1S/C8H8IN2O/c1-5-2-6-3-9-8(12)11-7(6)10-4-5/h2,4H,3H2,1H3,(H,10,11,12)/q-1. The number of rotatable bonds is 0. The van der Waals surface area contributed by atoms with Crippen molar-refractivity contribution in [3.05, 3.63) is 23.4 Å². The molecule has 64 valence electrons. The van der Waals surface area contributed by atoms with Crippen molar-refractivity contribution < 1.29 is 26.0 Å². The van der Waals surface area contributed by atoms with Crippen molar-refractivity contribution in [2.45, 2.75) is 11.4 Å². The van der Waals surface area contributed by atoms with Gasteiger partial charge in [-0.15, -0.1) is 0 Å². The molecule has 12 heavy (non-hydrogen) atoms. The first-order valence-corrected chi connectivity index (χ1v) is 6.22. The van der Waals surface area contributed by atoms with Crippen molar-refractivity contribution in [3.8, 4) is 0 Å². The van der Waals surface area contributed by atoms with Crippen molar-refractivity contribution in [1.82, 2.24) is 4.98 Å². The van der Waals surface area contributed by atoms with Crippen LogP contribution in [0.2, 0.25) is 0 Å². The van der Waals surface area contributed by atoms with Crippen molar-refractivity contribution in [3.63, 3.8) is 0 Å². The molecule has 0 saturated carbocycles. The van der Waals surface area contributed by atoms with Crippen LogP contribution in [0.5, 0.6) is 0 Å². The first-order chi connectivity index (χ1) is 5.75. The third kappa shape index (κ3) is 1.43. The van der Waals surface area contributed by atoms with Crippen LogP contribution in [-0.4, -0.2) is 8.90 Å². The molecule has 0 radical (unpaired) electrons. The summed E-state index contributed by atoms with van der Waals surface area (Å²) in [5, 5.41) is 2.79. The van der Waals surface area contributed by atoms with Crippen LogP contribution in [0.1, 0.15) is 11.1 Å². The van der Waals surface area contributed by atoms with Gasteiger partial charge in [0.15, 0.2) is 0 Å². The van der Waals surface area contributed by atoms with E-state index >= 15 is 0 Å². The average Bonchev–Trinajstić information content (AvgIpc) is 2.05. The first-order valence-electron chi connectivity index (χ1n) is 3.61. The number of carbonyl (C=O) groups excluding carboxylic acids is 1. The van der Waals surface area contributed by atoms with Gasteiger partial charge in [0.25, 0.3) is 0 Å². The zero-order chi connectivity index (χ0) is 8.55. The molecule has 0 spiro atoms. The number of nitrogens with zero attached hydrogens (tertiary/aromatic N) is 1. The normalized spacial score (nSPS) is 15.9. The fourth-order valence-electron chi connectivity index (χ4n) is 1.10. The second kappa shape index (κ2) is 3.01. The molecule has 0 aliphatic carbocycles. The Balaban J connectivity index is 2.43. The topological polar surface area (TPSA) is 42.0 Å². The summed E-state index contributed by atoms with van der Waals surface area (Å²) in [5.41, 5.74) is 2.36. The third-order valence-electron chi connectivity index (χ3n) is 1.65. The molecule has 1 aliphatic heterocycles. The third-order valence-corrected chi connectivity index (χ3v) is 3.82. The molecular weight excluding hydrogens is 267 g/mol. The molecule has 3 nitrogen and oxygen atoms in total. The first kappa shape index (κ1) is 7.97. The van der Waals surface area contributed by atoms with E-state index in [0.29, 0.717) is 0 Å². The molecule has 2 heterocycles. The number of aromatic nitrogens is 1. The van der Waals surface area contributed by atoms with E-state index in [2.05, 4.69) is 16.4 Å². The van der Waals surface area contributed by atoms with E-state index in [0.717, 1.165) is 15.8 Å². The second-order valence-electron chi connectivity index (χ2n) is 2.69. The molecule has 1 N–H and O–H groups in total. The van der Waals surface area contributed by atoms with E-state index in [1.165, 1.54) is 5.56 Å². The van der Waals surface area contributed by atoms with Crippen LogP contribution in [0.15, 0.2) is 12.3 Å². The van der Waals surface area contributed by atoms with Gasteiger partial charge in [-0.2, -0.15) is 0 Å². The zero-order valence-corrected chi connectivity index (χ0v) is 8.75. The number of amides is 1. The van der Waals surface area contributed by atoms with Crippen LogP contribution >= 0.6 is 0 Å². The number of pyridine rings is 1. The molecule has 0 fully saturated rings. The van der Waals surface area contributed by atoms with Crippen LogP contribution in [0.25, 0.3) is 0 Å². The monoisotopic (exact) mass is 275 g/mol. The van der Waals surface area contributed by atoms with Crippen molar-refractivity contribution in [1.29, 1.82) is 0 Å². The Morgan fingerprint density at radius 2 is 2.50 bits per heavy atom. The summed E-state index contributed by atoms with van der Waals surface area (Å²) >= 11 is -0.340. The Morgan fingerprint density at radius 1 is 1.67 bits per heavy atom. The van der Waals surface area contributed by atoms with Gasteiger partial charge in [0.1, 0.15) is 0 Å². The van der Waals surface area contributed by atoms with Gasteiger partial charge in [-0.05, 0) is 0 Å². The van der Waals surface area contributed by atoms with Crippen LogP contribution in [0.3, 0.4) is 0 Å². The summed E-state index contributed by atoms with van der Waals surface area (Å²) in [7, 11) is 0. The SMILES string of the molecule is Cc1cnc2c(c1)C[I-]C(=O)N2. The maximum atomic E-state index is 11.0. The number of hydrogen-bond acceptors (Lipinski definition) is 2. The Bertz CT molecular complexity index is 338. The van der Waals surface area contributed by atoms with Gasteiger partial charge in [0.2, 0.25) is 0 Å². The second-order valence-corrected chi connectivity index (χ2v) is 5.19. The number of alkyl halides is 1. The van der Waals surface area contributed by atoms with Crippen molar-refractivity contribution in [2.75, 3.05) is 5.32 Å². The molecule has 0 unspecified atom stereocenters. The molecule has 0 aromatic carbocycles. The van der Waals surface area contributed by atoms with E-state index in [1.807, 2.05) is 6.92 Å². The number of fused-ring (bicyclic) bond motifs is 1. The van der Waals surface area contributed by atoms with Crippen LogP contribution in [-0.2, 0) is 4.43 Å². The summed E-state index contributed by atoms with van der Waals surface area (Å²) in [4.78, 5) is 15.2. The van der Waals surface area contributed by atoms with Crippen LogP contribution in [0, 0.1) is 6.92 Å². The Morgan fingerprint density at radius 3 is 3.33 bits per heavy atom. The number of aryl methyl sites for hydroxylation is 1. The van der Waals surface area contributed by atoms with Gasteiger partial charge in [0.05, 0.1) is 0 Å². The Hall–Kier alpha value is -0.650. The van der Waals surface area contributed by atoms with Crippen LogP contribution in [0.4, 0.5) is 10.6 Å². The molecule has 1 aromatic heterocycles. The fourth-order valence-corrected chi connectivity index (χ4v) is 2.89. The summed E-state index contributed by atoms with van der Waals surface area (Å²) < 4.78 is 1.10. The molecular formula is C8H8IN2O-. The van der Waals surface area contributed by atoms with Gasteiger partial charge in [-0.25, -0.2) is 0 Å². The predicted octanol–water partition coefficient (Wildman–Crippen LogP) is -1.48. The minimum absolute atomic E-state index is 0.178. The predicted molar refractivity (Wildman–Crippen MR) is 41.7 cm³/mol. The van der Waals surface area contributed by atoms with Gasteiger partial charge >= 0.3 is 80.8 Å². The Kier molecular flexibility index (Phi) is 2.00. The fraction of sp³-hybridized carbons (Fsp3) is 0.250. The van der Waals surface area contributed by atoms with Crippen LogP contribution < -0.4 is 26.5 Å². The number of nitrogens with one attached hydrogen (secondary N) is 1. The number of anilines is 1.